The molecule has 2 nitrogen and oxygen atoms in total. The van der Waals surface area contributed by atoms with Crippen LogP contribution in [0.4, 0.5) is 0 Å². The molecule has 4 heteroatoms. The smallest absolute Gasteiger partial charge is 0.242 e. The van der Waals surface area contributed by atoms with Crippen LogP contribution < -0.4 is 14.3 Å². The molecule has 0 fully saturated rings. The Bertz CT molecular complexity index is 548. The van der Waals surface area contributed by atoms with Crippen LogP contribution in [0.25, 0.3) is 0 Å². The van der Waals surface area contributed by atoms with Crippen LogP contribution in [0, 0.1) is 0 Å². The minimum atomic E-state index is -1.67. The van der Waals surface area contributed by atoms with Crippen molar-refractivity contribution in [1.29, 1.82) is 0 Å². The van der Waals surface area contributed by atoms with E-state index in [1.54, 1.807) is 0 Å². The summed E-state index contributed by atoms with van der Waals surface area (Å²) in [6.07, 6.45) is 0. The van der Waals surface area contributed by atoms with Gasteiger partial charge in [-0.05, 0) is 43.0 Å². The second-order valence-corrected chi connectivity index (χ2v) is 10.2. The highest BCUT2D eigenvalue weighted by molar-refractivity contribution is 6.70. The molecule has 0 aromatic heterocycles. The molecule has 0 saturated carbocycles. The molecular formula is C15H17O2Si2. The number of hydrogen-bond donors (Lipinski definition) is 0. The second kappa shape index (κ2) is 5.63. The number of para-hydroxylation sites is 2. The maximum atomic E-state index is 6.07. The molecular weight excluding hydrogens is 268 g/mol. The van der Waals surface area contributed by atoms with Crippen molar-refractivity contribution in [2.75, 3.05) is 0 Å². The van der Waals surface area contributed by atoms with Crippen LogP contribution in [-0.4, -0.2) is 18.6 Å². The molecule has 3 radical (unpaired) electrons. The van der Waals surface area contributed by atoms with E-state index < -0.39 is 8.32 Å². The molecule has 0 N–H and O–H groups in total. The van der Waals surface area contributed by atoms with Crippen molar-refractivity contribution in [3.8, 4) is 17.2 Å². The summed E-state index contributed by atoms with van der Waals surface area (Å²) in [4.78, 5) is 0. The van der Waals surface area contributed by atoms with Crippen molar-refractivity contribution in [3.63, 3.8) is 0 Å². The molecule has 0 aliphatic carbocycles. The summed E-state index contributed by atoms with van der Waals surface area (Å²) in [6, 6.07) is 15.6. The van der Waals surface area contributed by atoms with Gasteiger partial charge in [0.05, 0.1) is 10.2 Å². The Hall–Kier alpha value is -1.53. The number of benzene rings is 2. The van der Waals surface area contributed by atoms with Crippen molar-refractivity contribution in [1.82, 2.24) is 0 Å². The average molecular weight is 285 g/mol. The summed E-state index contributed by atoms with van der Waals surface area (Å²) in [5, 5.41) is 0.889. The Morgan fingerprint density at radius 2 is 1.58 bits per heavy atom. The summed E-state index contributed by atoms with van der Waals surface area (Å²) in [7, 11) is 1.91. The van der Waals surface area contributed by atoms with Crippen molar-refractivity contribution in [3.05, 3.63) is 48.5 Å². The van der Waals surface area contributed by atoms with Crippen molar-refractivity contribution >= 4 is 23.7 Å². The molecule has 2 aromatic rings. The Morgan fingerprint density at radius 1 is 0.895 bits per heavy atom. The van der Waals surface area contributed by atoms with Crippen LogP contribution in [0.2, 0.25) is 19.6 Å². The number of hydrogen-bond acceptors (Lipinski definition) is 2. The fourth-order valence-electron chi connectivity index (χ4n) is 1.64. The highest BCUT2D eigenvalue weighted by Crippen LogP contribution is 2.30. The standard InChI is InChI=1S/C15H17O2Si2/c1-19(2,3)17-13-10-7-11-14(18)15(13)16-12-8-5-4-6-9-12/h4-11H,1-3H3. The predicted molar refractivity (Wildman–Crippen MR) is 82.3 cm³/mol. The highest BCUT2D eigenvalue weighted by atomic mass is 28.4. The van der Waals surface area contributed by atoms with Gasteiger partial charge in [0.2, 0.25) is 8.32 Å². The van der Waals surface area contributed by atoms with Crippen LogP contribution in [0.5, 0.6) is 17.2 Å². The minimum Gasteiger partial charge on any atom is -0.542 e. The maximum absolute atomic E-state index is 6.07. The van der Waals surface area contributed by atoms with Crippen molar-refractivity contribution in [2.45, 2.75) is 19.6 Å². The molecule has 19 heavy (non-hydrogen) atoms. The van der Waals surface area contributed by atoms with E-state index in [0.717, 1.165) is 22.4 Å². The van der Waals surface area contributed by atoms with Crippen molar-refractivity contribution in [2.24, 2.45) is 0 Å². The van der Waals surface area contributed by atoms with Gasteiger partial charge >= 0.3 is 0 Å². The van der Waals surface area contributed by atoms with Gasteiger partial charge in [-0.15, -0.1) is 0 Å². The largest absolute Gasteiger partial charge is 0.542 e. The second-order valence-electron chi connectivity index (χ2n) is 5.26. The molecule has 0 saturated heterocycles. The highest BCUT2D eigenvalue weighted by Gasteiger charge is 2.19. The van der Waals surface area contributed by atoms with Gasteiger partial charge in [-0.2, -0.15) is 0 Å². The lowest BCUT2D eigenvalue weighted by atomic mass is 10.3. The number of ether oxygens (including phenoxy) is 1. The van der Waals surface area contributed by atoms with Gasteiger partial charge < -0.3 is 9.16 Å². The summed E-state index contributed by atoms with van der Waals surface area (Å²) < 4.78 is 12.0. The number of rotatable bonds is 4. The summed E-state index contributed by atoms with van der Waals surface area (Å²) in [5.41, 5.74) is 0. The molecule has 0 aliphatic heterocycles. The van der Waals surface area contributed by atoms with Crippen LogP contribution in [0.1, 0.15) is 0 Å². The molecule has 0 amide bonds. The minimum absolute atomic E-state index is 0.729. The van der Waals surface area contributed by atoms with E-state index in [1.165, 1.54) is 0 Å². The molecule has 0 aliphatic rings. The third-order valence-corrected chi connectivity index (χ3v) is 3.58. The van der Waals surface area contributed by atoms with Gasteiger partial charge in [0, 0.05) is 0 Å². The van der Waals surface area contributed by atoms with E-state index >= 15 is 0 Å². The zero-order chi connectivity index (χ0) is 13.9. The zero-order valence-corrected chi connectivity index (χ0v) is 13.4. The molecule has 0 atom stereocenters. The lowest BCUT2D eigenvalue weighted by Crippen LogP contribution is -2.30. The fraction of sp³-hybridized carbons (Fsp3) is 0.200. The quantitative estimate of drug-likeness (QED) is 0.801. The van der Waals surface area contributed by atoms with E-state index in [9.17, 15) is 0 Å². The first-order valence-corrected chi connectivity index (χ1v) is 10.1. The summed E-state index contributed by atoms with van der Waals surface area (Å²) in [6.45, 7) is 6.46. The van der Waals surface area contributed by atoms with Gasteiger partial charge in [0.25, 0.3) is 0 Å². The van der Waals surface area contributed by atoms with Crippen LogP contribution in [-0.2, 0) is 0 Å². The Balaban J connectivity index is 2.33. The molecule has 0 heterocycles. The van der Waals surface area contributed by atoms with Crippen LogP contribution in [0.3, 0.4) is 0 Å². The molecule has 0 bridgehead atoms. The van der Waals surface area contributed by atoms with E-state index in [1.807, 2.05) is 48.5 Å². The molecule has 0 spiro atoms. The van der Waals surface area contributed by atoms with Gasteiger partial charge in [-0.1, -0.05) is 30.3 Å². The molecule has 2 rings (SSSR count). The van der Waals surface area contributed by atoms with Crippen molar-refractivity contribution < 1.29 is 9.16 Å². The summed E-state index contributed by atoms with van der Waals surface area (Å²) in [5.74, 6) is 2.32. The Morgan fingerprint density at radius 3 is 2.21 bits per heavy atom. The maximum Gasteiger partial charge on any atom is 0.242 e. The topological polar surface area (TPSA) is 18.5 Å². The normalized spacial score (nSPS) is 11.2. The van der Waals surface area contributed by atoms with Gasteiger partial charge in [0.15, 0.2) is 5.75 Å². The summed E-state index contributed by atoms with van der Waals surface area (Å²) >= 11 is 0. The van der Waals surface area contributed by atoms with E-state index in [-0.39, 0.29) is 0 Å². The first-order chi connectivity index (χ1) is 8.96. The Labute approximate surface area is 118 Å². The SMILES string of the molecule is C[Si](C)(C)Oc1cccc([Si])c1Oc1ccccc1. The third kappa shape index (κ3) is 3.97. The average Bonchev–Trinajstić information content (AvgIpc) is 2.33. The first kappa shape index (κ1) is 13.9. The lowest BCUT2D eigenvalue weighted by Gasteiger charge is -2.22. The van der Waals surface area contributed by atoms with E-state index in [2.05, 4.69) is 29.9 Å². The molecule has 2 aromatic carbocycles. The van der Waals surface area contributed by atoms with E-state index in [0.29, 0.717) is 0 Å². The van der Waals surface area contributed by atoms with Gasteiger partial charge in [-0.3, -0.25) is 0 Å². The molecule has 0 unspecified atom stereocenters. The van der Waals surface area contributed by atoms with E-state index in [4.69, 9.17) is 9.16 Å². The monoisotopic (exact) mass is 285 g/mol. The Kier molecular flexibility index (Phi) is 4.12. The van der Waals surface area contributed by atoms with Gasteiger partial charge in [0.1, 0.15) is 11.5 Å². The zero-order valence-electron chi connectivity index (χ0n) is 11.4. The third-order valence-electron chi connectivity index (χ3n) is 2.36. The fourth-order valence-corrected chi connectivity index (χ4v) is 2.73. The van der Waals surface area contributed by atoms with Crippen LogP contribution in [0.15, 0.2) is 48.5 Å². The lowest BCUT2D eigenvalue weighted by molar-refractivity contribution is 0.448. The van der Waals surface area contributed by atoms with Crippen LogP contribution >= 0.6 is 0 Å². The first-order valence-electron chi connectivity index (χ1n) is 6.22. The molecule has 97 valence electrons. The van der Waals surface area contributed by atoms with Gasteiger partial charge in [-0.25, -0.2) is 0 Å². The predicted octanol–water partition coefficient (Wildman–Crippen LogP) is 3.49.